The van der Waals surface area contributed by atoms with E-state index in [1.165, 1.54) is 0 Å². The predicted octanol–water partition coefficient (Wildman–Crippen LogP) is 3.23. The number of alkyl carbamates (subject to hydrolysis) is 1. The van der Waals surface area contributed by atoms with E-state index >= 15 is 0 Å². The van der Waals surface area contributed by atoms with Gasteiger partial charge in [0.2, 0.25) is 0 Å². The highest BCUT2D eigenvalue weighted by Crippen LogP contribution is 2.35. The second-order valence-electron chi connectivity index (χ2n) is 12.6. The molecule has 11 heteroatoms. The van der Waals surface area contributed by atoms with Crippen LogP contribution in [0.4, 0.5) is 4.79 Å². The van der Waals surface area contributed by atoms with Crippen molar-refractivity contribution < 1.29 is 48.6 Å². The topological polar surface area (TPSA) is 153 Å². The molecule has 1 saturated heterocycles. The SMILES string of the molecule is CCc1ccc(C2OC(COC(=O)C(NC(=O)OC(C)(C)C)C(C)C)C(O)C(O)C2O)cc1Cc1ccc2c(c1)OCCO2. The third kappa shape index (κ3) is 8.20. The molecule has 44 heavy (non-hydrogen) atoms. The lowest BCUT2D eigenvalue weighted by atomic mass is 9.88. The van der Waals surface area contributed by atoms with Crippen LogP contribution in [0.1, 0.15) is 69.9 Å². The number of aryl methyl sites for hydroxylation is 1. The second-order valence-corrected chi connectivity index (χ2v) is 12.6. The Morgan fingerprint density at radius 2 is 1.66 bits per heavy atom. The smallest absolute Gasteiger partial charge is 0.408 e. The van der Waals surface area contributed by atoms with Crippen molar-refractivity contribution in [1.29, 1.82) is 0 Å². The third-order valence-electron chi connectivity index (χ3n) is 7.64. The summed E-state index contributed by atoms with van der Waals surface area (Å²) in [5.74, 6) is 0.345. The molecule has 0 aliphatic carbocycles. The Morgan fingerprint density at radius 3 is 2.32 bits per heavy atom. The number of ether oxygens (including phenoxy) is 5. The molecule has 4 rings (SSSR count). The predicted molar refractivity (Wildman–Crippen MR) is 161 cm³/mol. The van der Waals surface area contributed by atoms with Gasteiger partial charge in [-0.25, -0.2) is 9.59 Å². The van der Waals surface area contributed by atoms with Gasteiger partial charge in [0.1, 0.15) is 62.0 Å². The van der Waals surface area contributed by atoms with E-state index in [9.17, 15) is 24.9 Å². The molecule has 1 fully saturated rings. The van der Waals surface area contributed by atoms with Gasteiger partial charge >= 0.3 is 12.1 Å². The van der Waals surface area contributed by atoms with E-state index in [0.29, 0.717) is 36.7 Å². The summed E-state index contributed by atoms with van der Waals surface area (Å²) in [5, 5.41) is 34.9. The monoisotopic (exact) mass is 615 g/mol. The van der Waals surface area contributed by atoms with Gasteiger partial charge in [0.15, 0.2) is 11.5 Å². The number of benzene rings is 2. The minimum atomic E-state index is -1.55. The highest BCUT2D eigenvalue weighted by atomic mass is 16.6. The molecular weight excluding hydrogens is 570 g/mol. The first-order valence-corrected chi connectivity index (χ1v) is 15.1. The number of carbonyl (C=O) groups excluding carboxylic acids is 2. The van der Waals surface area contributed by atoms with E-state index in [2.05, 4.69) is 12.2 Å². The highest BCUT2D eigenvalue weighted by molar-refractivity contribution is 5.81. The minimum absolute atomic E-state index is 0.322. The van der Waals surface area contributed by atoms with Crippen molar-refractivity contribution in [3.05, 3.63) is 58.7 Å². The number of esters is 1. The summed E-state index contributed by atoms with van der Waals surface area (Å²) in [6, 6.07) is 10.5. The van der Waals surface area contributed by atoms with Crippen molar-refractivity contribution in [2.75, 3.05) is 19.8 Å². The van der Waals surface area contributed by atoms with Gasteiger partial charge < -0.3 is 44.3 Å². The minimum Gasteiger partial charge on any atom is -0.486 e. The van der Waals surface area contributed by atoms with Crippen LogP contribution >= 0.6 is 0 Å². The molecule has 6 atom stereocenters. The Kier molecular flexibility index (Phi) is 10.8. The number of nitrogens with one attached hydrogen (secondary N) is 1. The molecule has 2 aliphatic rings. The maximum absolute atomic E-state index is 13.0. The van der Waals surface area contributed by atoms with E-state index in [1.807, 2.05) is 36.4 Å². The fraction of sp³-hybridized carbons (Fsp3) is 0.576. The van der Waals surface area contributed by atoms with E-state index in [1.54, 1.807) is 34.6 Å². The van der Waals surface area contributed by atoms with Gasteiger partial charge in [-0.2, -0.15) is 0 Å². The summed E-state index contributed by atoms with van der Waals surface area (Å²) < 4.78 is 28.2. The van der Waals surface area contributed by atoms with Crippen LogP contribution in [0, 0.1) is 5.92 Å². The van der Waals surface area contributed by atoms with Gasteiger partial charge in [-0.3, -0.25) is 0 Å². The van der Waals surface area contributed by atoms with Gasteiger partial charge in [0, 0.05) is 0 Å². The van der Waals surface area contributed by atoms with E-state index < -0.39 is 60.8 Å². The molecule has 0 radical (unpaired) electrons. The summed E-state index contributed by atoms with van der Waals surface area (Å²) >= 11 is 0. The maximum atomic E-state index is 13.0. The molecule has 2 heterocycles. The number of amides is 1. The molecule has 242 valence electrons. The number of fused-ring (bicyclic) bond motifs is 1. The first kappa shape index (κ1) is 33.5. The lowest BCUT2D eigenvalue weighted by Gasteiger charge is -2.41. The number of aliphatic hydroxyl groups excluding tert-OH is 3. The number of rotatable bonds is 9. The van der Waals surface area contributed by atoms with Crippen molar-refractivity contribution >= 4 is 12.1 Å². The standard InChI is InChI=1S/C33H45NO10/c1-7-20-9-10-21(16-22(20)14-19-8-11-23-24(15-19)41-13-12-40-23)30-29(37)28(36)27(35)25(43-30)17-42-31(38)26(18(2)3)34-32(39)44-33(4,5)6/h8-11,15-16,18,25-30,35-37H,7,12-14,17H2,1-6H3,(H,34,39). The number of aliphatic hydroxyl groups is 3. The van der Waals surface area contributed by atoms with E-state index in [4.69, 9.17) is 23.7 Å². The second kappa shape index (κ2) is 14.2. The van der Waals surface area contributed by atoms with E-state index in [-0.39, 0.29) is 5.92 Å². The highest BCUT2D eigenvalue weighted by Gasteiger charge is 2.45. The quantitative estimate of drug-likeness (QED) is 0.309. The zero-order chi connectivity index (χ0) is 32.2. The number of hydrogen-bond donors (Lipinski definition) is 4. The first-order valence-electron chi connectivity index (χ1n) is 15.1. The first-order chi connectivity index (χ1) is 20.8. The van der Waals surface area contributed by atoms with Gasteiger partial charge in [0.25, 0.3) is 0 Å². The summed E-state index contributed by atoms with van der Waals surface area (Å²) in [6.45, 7) is 11.3. The van der Waals surface area contributed by atoms with Crippen molar-refractivity contribution in [3.63, 3.8) is 0 Å². The Hall–Kier alpha value is -3.38. The average molecular weight is 616 g/mol. The molecule has 2 aromatic carbocycles. The van der Waals surface area contributed by atoms with Crippen LogP contribution in [0.25, 0.3) is 0 Å². The van der Waals surface area contributed by atoms with Crippen molar-refractivity contribution in [2.45, 2.75) is 96.5 Å². The lowest BCUT2D eigenvalue weighted by molar-refractivity contribution is -0.234. The summed E-state index contributed by atoms with van der Waals surface area (Å²) in [6.07, 6.45) is -6.02. The van der Waals surface area contributed by atoms with Crippen LogP contribution in [0.3, 0.4) is 0 Å². The van der Waals surface area contributed by atoms with Crippen LogP contribution in [0.2, 0.25) is 0 Å². The Bertz CT molecular complexity index is 1310. The van der Waals surface area contributed by atoms with Gasteiger partial charge in [0.05, 0.1) is 0 Å². The van der Waals surface area contributed by atoms with Gasteiger partial charge in [-0.05, 0) is 73.9 Å². The molecule has 2 aromatic rings. The fourth-order valence-corrected chi connectivity index (χ4v) is 5.30. The van der Waals surface area contributed by atoms with Crippen LogP contribution in [0.5, 0.6) is 11.5 Å². The lowest BCUT2D eigenvalue weighted by Crippen LogP contribution is -2.56. The van der Waals surface area contributed by atoms with Crippen molar-refractivity contribution in [1.82, 2.24) is 5.32 Å². The molecule has 2 aliphatic heterocycles. The van der Waals surface area contributed by atoms with Crippen LogP contribution in [-0.4, -0.2) is 83.3 Å². The maximum Gasteiger partial charge on any atom is 0.408 e. The third-order valence-corrected chi connectivity index (χ3v) is 7.64. The molecule has 0 saturated carbocycles. The van der Waals surface area contributed by atoms with Crippen LogP contribution in [0.15, 0.2) is 36.4 Å². The number of carbonyl (C=O) groups is 2. The van der Waals surface area contributed by atoms with Crippen LogP contribution in [-0.2, 0) is 31.8 Å². The van der Waals surface area contributed by atoms with Gasteiger partial charge in [-0.15, -0.1) is 0 Å². The summed E-state index contributed by atoms with van der Waals surface area (Å²) in [4.78, 5) is 25.2. The molecule has 11 nitrogen and oxygen atoms in total. The molecule has 6 unspecified atom stereocenters. The zero-order valence-electron chi connectivity index (χ0n) is 26.2. The van der Waals surface area contributed by atoms with E-state index in [0.717, 1.165) is 23.1 Å². The average Bonchev–Trinajstić information content (AvgIpc) is 2.97. The Morgan fingerprint density at radius 1 is 0.955 bits per heavy atom. The molecule has 0 spiro atoms. The molecule has 0 aromatic heterocycles. The number of hydrogen-bond acceptors (Lipinski definition) is 10. The molecule has 1 amide bonds. The summed E-state index contributed by atoms with van der Waals surface area (Å²) in [5.41, 5.74) is 2.99. The largest absolute Gasteiger partial charge is 0.486 e. The van der Waals surface area contributed by atoms with Crippen molar-refractivity contribution in [3.8, 4) is 11.5 Å². The Labute approximate surface area is 258 Å². The Balaban J connectivity index is 1.48. The fourth-order valence-electron chi connectivity index (χ4n) is 5.30. The van der Waals surface area contributed by atoms with Crippen LogP contribution < -0.4 is 14.8 Å². The summed E-state index contributed by atoms with van der Waals surface area (Å²) in [7, 11) is 0. The van der Waals surface area contributed by atoms with Gasteiger partial charge in [-0.1, -0.05) is 45.0 Å². The molecule has 0 bridgehead atoms. The normalized spacial score (nSPS) is 24.0. The zero-order valence-corrected chi connectivity index (χ0v) is 26.2. The molecular formula is C33H45NO10. The van der Waals surface area contributed by atoms with Crippen molar-refractivity contribution in [2.24, 2.45) is 5.92 Å². The molecule has 4 N–H and O–H groups in total.